The lowest BCUT2D eigenvalue weighted by Gasteiger charge is -2.33. The second kappa shape index (κ2) is 14.2. The van der Waals surface area contributed by atoms with Crippen molar-refractivity contribution in [1.29, 1.82) is 0 Å². The molecule has 41 heavy (non-hydrogen) atoms. The summed E-state index contributed by atoms with van der Waals surface area (Å²) in [6, 6.07) is 19.0. The molecule has 2 amide bonds. The van der Waals surface area contributed by atoms with E-state index in [2.05, 4.69) is 27.9 Å². The lowest BCUT2D eigenvalue weighted by molar-refractivity contribution is -0.139. The quantitative estimate of drug-likeness (QED) is 0.237. The molecular weight excluding hydrogens is 696 g/mol. The molecule has 0 unspecified atom stereocenters. The predicted octanol–water partition coefficient (Wildman–Crippen LogP) is 6.66. The number of sulfonamides is 1. The van der Waals surface area contributed by atoms with Gasteiger partial charge in [0.2, 0.25) is 11.8 Å². The first-order valence-electron chi connectivity index (χ1n) is 13.4. The van der Waals surface area contributed by atoms with Gasteiger partial charge in [-0.1, -0.05) is 66.7 Å². The lowest BCUT2D eigenvalue weighted by Crippen LogP contribution is -2.53. The number of carbonyl (C=O) groups excluding carboxylic acids is 2. The van der Waals surface area contributed by atoms with Crippen LogP contribution in [0.5, 0.6) is 0 Å². The van der Waals surface area contributed by atoms with Gasteiger partial charge < -0.3 is 10.2 Å². The van der Waals surface area contributed by atoms with Gasteiger partial charge in [0.1, 0.15) is 12.6 Å². The Balaban J connectivity index is 1.68. The Hall–Kier alpha value is -2.34. The molecular formula is C30H32Cl2IN3O4S. The molecule has 3 aromatic rings. The van der Waals surface area contributed by atoms with Gasteiger partial charge in [-0.05, 0) is 96.5 Å². The van der Waals surface area contributed by atoms with Crippen LogP contribution in [0.4, 0.5) is 5.69 Å². The van der Waals surface area contributed by atoms with Crippen molar-refractivity contribution in [3.63, 3.8) is 0 Å². The van der Waals surface area contributed by atoms with E-state index < -0.39 is 28.5 Å². The molecule has 1 fully saturated rings. The van der Waals surface area contributed by atoms with E-state index in [0.29, 0.717) is 21.3 Å². The molecule has 1 aliphatic carbocycles. The normalized spacial score (nSPS) is 14.7. The third-order valence-corrected chi connectivity index (χ3v) is 10.3. The first-order valence-corrected chi connectivity index (χ1v) is 16.7. The molecule has 11 heteroatoms. The maximum Gasteiger partial charge on any atom is 0.264 e. The molecule has 3 aromatic carbocycles. The molecule has 218 valence electrons. The van der Waals surface area contributed by atoms with Crippen molar-refractivity contribution in [2.75, 3.05) is 10.8 Å². The highest BCUT2D eigenvalue weighted by atomic mass is 127. The van der Waals surface area contributed by atoms with E-state index in [1.165, 1.54) is 17.0 Å². The molecule has 0 heterocycles. The summed E-state index contributed by atoms with van der Waals surface area (Å²) in [4.78, 5) is 28.9. The number of nitrogens with one attached hydrogen (secondary N) is 1. The van der Waals surface area contributed by atoms with Crippen LogP contribution >= 0.6 is 45.8 Å². The number of benzene rings is 3. The molecule has 0 saturated heterocycles. The Morgan fingerprint density at radius 2 is 1.63 bits per heavy atom. The Morgan fingerprint density at radius 1 is 0.976 bits per heavy atom. The summed E-state index contributed by atoms with van der Waals surface area (Å²) in [6.07, 6.45) is 5.03. The fourth-order valence-electron chi connectivity index (χ4n) is 4.84. The molecule has 0 radical (unpaired) electrons. The summed E-state index contributed by atoms with van der Waals surface area (Å²) in [6.45, 7) is 1.14. The average molecular weight is 728 g/mol. The molecule has 1 aliphatic rings. The van der Waals surface area contributed by atoms with Crippen LogP contribution in [0.15, 0.2) is 77.7 Å². The second-order valence-corrected chi connectivity index (χ2v) is 14.0. The average Bonchev–Trinajstić information content (AvgIpc) is 2.96. The maximum atomic E-state index is 14.1. The number of amides is 2. The van der Waals surface area contributed by atoms with Gasteiger partial charge in [-0.3, -0.25) is 13.9 Å². The SMILES string of the molecule is C[C@H](C(=O)NC1CCCCC1)N(Cc1ccc(Cl)cc1Cl)C(=O)CN(c1ccc(I)cc1)S(=O)(=O)c1ccccc1. The van der Waals surface area contributed by atoms with Crippen molar-refractivity contribution in [1.82, 2.24) is 10.2 Å². The zero-order valence-corrected chi connectivity index (χ0v) is 27.1. The van der Waals surface area contributed by atoms with Crippen molar-refractivity contribution in [2.45, 2.75) is 62.6 Å². The highest BCUT2D eigenvalue weighted by molar-refractivity contribution is 14.1. The standard InChI is InChI=1S/C30H32Cl2IN3O4S/c1-21(30(38)34-25-8-4-2-5-9-25)35(19-22-12-13-23(31)18-28(22)32)29(37)20-36(26-16-14-24(33)15-17-26)41(39,40)27-10-6-3-7-11-27/h3,6-7,10-18,21,25H,2,4-5,8-9,19-20H2,1H3,(H,34,38)/t21-/m1/s1. The van der Waals surface area contributed by atoms with E-state index in [1.54, 1.807) is 67.6 Å². The molecule has 0 aliphatic heterocycles. The molecule has 1 atom stereocenters. The van der Waals surface area contributed by atoms with E-state index in [9.17, 15) is 18.0 Å². The van der Waals surface area contributed by atoms with Crippen molar-refractivity contribution in [3.05, 3.63) is 92.0 Å². The predicted molar refractivity (Wildman–Crippen MR) is 172 cm³/mol. The first-order chi connectivity index (χ1) is 19.6. The number of halogens is 3. The molecule has 4 rings (SSSR count). The van der Waals surface area contributed by atoms with Gasteiger partial charge in [0.15, 0.2) is 0 Å². The van der Waals surface area contributed by atoms with E-state index in [0.717, 1.165) is 40.0 Å². The van der Waals surface area contributed by atoms with E-state index in [1.807, 2.05) is 0 Å². The van der Waals surface area contributed by atoms with Crippen LogP contribution in [0.1, 0.15) is 44.6 Å². The van der Waals surface area contributed by atoms with Crippen LogP contribution in [0.25, 0.3) is 0 Å². The van der Waals surface area contributed by atoms with Crippen molar-refractivity contribution >= 4 is 73.3 Å². The zero-order chi connectivity index (χ0) is 29.6. The topological polar surface area (TPSA) is 86.8 Å². The van der Waals surface area contributed by atoms with Crippen LogP contribution in [-0.4, -0.2) is 43.8 Å². The number of anilines is 1. The number of rotatable bonds is 10. The highest BCUT2D eigenvalue weighted by Crippen LogP contribution is 2.27. The smallest absolute Gasteiger partial charge is 0.264 e. The third-order valence-electron chi connectivity index (χ3n) is 7.20. The molecule has 1 saturated carbocycles. The molecule has 7 nitrogen and oxygen atoms in total. The fraction of sp³-hybridized carbons (Fsp3) is 0.333. The van der Waals surface area contributed by atoms with Crippen molar-refractivity contribution in [3.8, 4) is 0 Å². The van der Waals surface area contributed by atoms with Gasteiger partial charge in [-0.2, -0.15) is 0 Å². The largest absolute Gasteiger partial charge is 0.352 e. The van der Waals surface area contributed by atoms with E-state index >= 15 is 0 Å². The molecule has 0 bridgehead atoms. The molecule has 1 N–H and O–H groups in total. The lowest BCUT2D eigenvalue weighted by atomic mass is 9.95. The Bertz CT molecular complexity index is 1470. The summed E-state index contributed by atoms with van der Waals surface area (Å²) in [5, 5.41) is 3.88. The van der Waals surface area contributed by atoms with Crippen LogP contribution in [0.2, 0.25) is 10.0 Å². The third kappa shape index (κ3) is 8.15. The minimum Gasteiger partial charge on any atom is -0.352 e. The van der Waals surface area contributed by atoms with Crippen LogP contribution in [0.3, 0.4) is 0 Å². The Labute approximate surface area is 265 Å². The number of hydrogen-bond acceptors (Lipinski definition) is 4. The maximum absolute atomic E-state index is 14.1. The first kappa shape index (κ1) is 31.6. The highest BCUT2D eigenvalue weighted by Gasteiger charge is 2.33. The fourth-order valence-corrected chi connectivity index (χ4v) is 7.10. The molecule has 0 spiro atoms. The summed E-state index contributed by atoms with van der Waals surface area (Å²) in [7, 11) is -4.11. The summed E-state index contributed by atoms with van der Waals surface area (Å²) in [5.74, 6) is -0.831. The Morgan fingerprint density at radius 3 is 2.27 bits per heavy atom. The van der Waals surface area contributed by atoms with Crippen LogP contribution in [-0.2, 0) is 26.2 Å². The van der Waals surface area contributed by atoms with Gasteiger partial charge in [0.25, 0.3) is 10.0 Å². The van der Waals surface area contributed by atoms with E-state index in [-0.39, 0.29) is 23.4 Å². The minimum absolute atomic E-state index is 0.00000171. The van der Waals surface area contributed by atoms with Gasteiger partial charge in [0, 0.05) is 26.2 Å². The van der Waals surface area contributed by atoms with E-state index in [4.69, 9.17) is 23.2 Å². The second-order valence-electron chi connectivity index (χ2n) is 10.1. The van der Waals surface area contributed by atoms with Crippen LogP contribution in [0, 0.1) is 3.57 Å². The summed E-state index contributed by atoms with van der Waals surface area (Å²) < 4.78 is 29.7. The summed E-state index contributed by atoms with van der Waals surface area (Å²) >= 11 is 14.7. The van der Waals surface area contributed by atoms with Gasteiger partial charge >= 0.3 is 0 Å². The molecule has 0 aromatic heterocycles. The number of hydrogen-bond donors (Lipinski definition) is 1. The minimum atomic E-state index is -4.11. The van der Waals surface area contributed by atoms with Gasteiger partial charge in [-0.25, -0.2) is 8.42 Å². The van der Waals surface area contributed by atoms with Crippen molar-refractivity contribution < 1.29 is 18.0 Å². The zero-order valence-electron chi connectivity index (χ0n) is 22.6. The summed E-state index contributed by atoms with van der Waals surface area (Å²) in [5.41, 5.74) is 0.930. The van der Waals surface area contributed by atoms with Gasteiger partial charge in [0.05, 0.1) is 10.6 Å². The van der Waals surface area contributed by atoms with Gasteiger partial charge in [-0.15, -0.1) is 0 Å². The van der Waals surface area contributed by atoms with Crippen molar-refractivity contribution in [2.24, 2.45) is 0 Å². The number of nitrogens with zero attached hydrogens (tertiary/aromatic N) is 2. The Kier molecular flexibility index (Phi) is 11.0. The number of carbonyl (C=O) groups is 2. The van der Waals surface area contributed by atoms with Crippen LogP contribution < -0.4 is 9.62 Å². The monoisotopic (exact) mass is 727 g/mol.